The molecule has 0 aliphatic rings. The predicted molar refractivity (Wildman–Crippen MR) is 65.1 cm³/mol. The van der Waals surface area contributed by atoms with Gasteiger partial charge in [0.1, 0.15) is 0 Å². The Kier molecular flexibility index (Phi) is 6.71. The third-order valence-electron chi connectivity index (χ3n) is 1.39. The van der Waals surface area contributed by atoms with Crippen molar-refractivity contribution in [2.24, 2.45) is 16.1 Å². The maximum atomic E-state index is 10.8. The number of carbonyl (C=O) groups is 2. The fraction of sp³-hybridized carbons (Fsp3) is 0.444. The van der Waals surface area contributed by atoms with Crippen LogP contribution in [-0.2, 0) is 4.79 Å². The number of nitrogens with two attached hydrogens (primary N) is 1. The number of carbonyl (C=O) groups excluding carboxylic acids is 2. The van der Waals surface area contributed by atoms with Crippen molar-refractivity contribution in [3.8, 4) is 0 Å². The molecule has 1 heterocycles. The van der Waals surface area contributed by atoms with Crippen molar-refractivity contribution in [2.75, 3.05) is 28.2 Å². The molecule has 3 N–H and O–H groups in total. The molecule has 0 fully saturated rings. The lowest BCUT2D eigenvalue weighted by Crippen LogP contribution is -2.11. The van der Waals surface area contributed by atoms with Gasteiger partial charge >= 0.3 is 0 Å². The molecule has 0 aliphatic heterocycles. The lowest BCUT2D eigenvalue weighted by Gasteiger charge is -1.98. The van der Waals surface area contributed by atoms with Gasteiger partial charge in [-0.25, -0.2) is 4.98 Å². The van der Waals surface area contributed by atoms with Gasteiger partial charge in [0.05, 0.1) is 6.33 Å². The van der Waals surface area contributed by atoms with Crippen LogP contribution in [0.15, 0.2) is 16.7 Å². The minimum atomic E-state index is -0.606. The third-order valence-corrected chi connectivity index (χ3v) is 1.39. The van der Waals surface area contributed by atoms with E-state index in [-0.39, 0.29) is 11.5 Å². The fourth-order valence-electron chi connectivity index (χ4n) is 0.676. The van der Waals surface area contributed by atoms with E-state index < -0.39 is 5.91 Å². The van der Waals surface area contributed by atoms with Crippen LogP contribution in [-0.4, -0.2) is 60.4 Å². The topological polar surface area (TPSA) is 120 Å². The molecular formula is C9H17N7O2. The van der Waals surface area contributed by atoms with E-state index in [0.717, 1.165) is 6.41 Å². The zero-order chi connectivity index (χ0) is 14.1. The predicted octanol–water partition coefficient (Wildman–Crippen LogP) is -0.227. The zero-order valence-corrected chi connectivity index (χ0v) is 10.8. The summed E-state index contributed by atoms with van der Waals surface area (Å²) in [7, 11) is 6.79. The molecule has 1 aromatic rings. The molecule has 0 bridgehead atoms. The van der Waals surface area contributed by atoms with Gasteiger partial charge in [-0.05, 0) is 0 Å². The first-order valence-electron chi connectivity index (χ1n) is 4.92. The van der Waals surface area contributed by atoms with Gasteiger partial charge in [-0.3, -0.25) is 14.6 Å². The first-order valence-corrected chi connectivity index (χ1v) is 4.92. The molecule has 18 heavy (non-hydrogen) atoms. The van der Waals surface area contributed by atoms with Crippen molar-refractivity contribution in [1.29, 1.82) is 0 Å². The van der Waals surface area contributed by atoms with Gasteiger partial charge in [-0.1, -0.05) is 5.22 Å². The Morgan fingerprint density at radius 1 is 1.44 bits per heavy atom. The van der Waals surface area contributed by atoms with Gasteiger partial charge in [0.25, 0.3) is 5.91 Å². The first kappa shape index (κ1) is 15.6. The van der Waals surface area contributed by atoms with Crippen LogP contribution in [0, 0.1) is 0 Å². The van der Waals surface area contributed by atoms with Crippen LogP contribution in [0.1, 0.15) is 10.5 Å². The Morgan fingerprint density at radius 3 is 2.39 bits per heavy atom. The summed E-state index contributed by atoms with van der Waals surface area (Å²) in [5.74, 6) is -0.411. The summed E-state index contributed by atoms with van der Waals surface area (Å²) in [5.41, 5.74) is 5.20. The molecule has 1 rings (SSSR count). The number of rotatable bonds is 4. The van der Waals surface area contributed by atoms with E-state index in [4.69, 9.17) is 5.73 Å². The molecule has 0 aliphatic carbocycles. The van der Waals surface area contributed by atoms with E-state index in [0.29, 0.717) is 0 Å². The van der Waals surface area contributed by atoms with Crippen molar-refractivity contribution in [3.63, 3.8) is 0 Å². The highest BCUT2D eigenvalue weighted by molar-refractivity contribution is 5.94. The van der Waals surface area contributed by atoms with Crippen LogP contribution < -0.4 is 5.73 Å². The standard InChI is InChI=1S/C6H10N6O.C3H7NO/c1-12(2)11-10-6-4(5(7)13)8-3-9-6;1-4(2)3-5/h3H,1-2H3,(H2,7,13)(H,8,9);3H,1-2H3. The highest BCUT2D eigenvalue weighted by atomic mass is 16.1. The molecular weight excluding hydrogens is 238 g/mol. The van der Waals surface area contributed by atoms with E-state index >= 15 is 0 Å². The molecule has 100 valence electrons. The molecule has 0 atom stereocenters. The number of nitrogens with zero attached hydrogens (tertiary/aromatic N) is 5. The molecule has 0 aromatic carbocycles. The smallest absolute Gasteiger partial charge is 0.269 e. The average Bonchev–Trinajstić information content (AvgIpc) is 2.75. The van der Waals surface area contributed by atoms with Crippen molar-refractivity contribution >= 4 is 18.1 Å². The number of hydrogen-bond acceptors (Lipinski definition) is 5. The Bertz CT molecular complexity index is 411. The summed E-state index contributed by atoms with van der Waals surface area (Å²) >= 11 is 0. The average molecular weight is 255 g/mol. The van der Waals surface area contributed by atoms with Gasteiger partial charge in [0.2, 0.25) is 12.2 Å². The number of H-pyrrole nitrogens is 1. The minimum Gasteiger partial charge on any atom is -0.364 e. The van der Waals surface area contributed by atoms with Crippen LogP contribution in [0.3, 0.4) is 0 Å². The van der Waals surface area contributed by atoms with E-state index in [2.05, 4.69) is 20.3 Å². The summed E-state index contributed by atoms with van der Waals surface area (Å²) in [5, 5.41) is 8.86. The fourth-order valence-corrected chi connectivity index (χ4v) is 0.676. The number of primary amides is 1. The molecule has 0 unspecified atom stereocenters. The number of hydrogen-bond donors (Lipinski definition) is 2. The van der Waals surface area contributed by atoms with Gasteiger partial charge < -0.3 is 15.6 Å². The second-order valence-electron chi connectivity index (χ2n) is 3.57. The van der Waals surface area contributed by atoms with E-state index in [1.165, 1.54) is 16.2 Å². The minimum absolute atomic E-state index is 0.158. The molecule has 0 saturated carbocycles. The molecule has 1 aromatic heterocycles. The SMILES string of the molecule is CN(C)C=O.CN(C)N=Nc1nc[nH]c1C(N)=O. The zero-order valence-electron chi connectivity index (χ0n) is 10.8. The van der Waals surface area contributed by atoms with Crippen LogP contribution in [0.2, 0.25) is 0 Å². The summed E-state index contributed by atoms with van der Waals surface area (Å²) in [6, 6.07) is 0. The van der Waals surface area contributed by atoms with Crippen LogP contribution >= 0.6 is 0 Å². The monoisotopic (exact) mass is 255 g/mol. The quantitative estimate of drug-likeness (QED) is 0.438. The molecule has 0 saturated heterocycles. The summed E-state index contributed by atoms with van der Waals surface area (Å²) in [6.07, 6.45) is 2.09. The van der Waals surface area contributed by atoms with Crippen LogP contribution in [0.5, 0.6) is 0 Å². The molecule has 0 radical (unpaired) electrons. The number of aromatic nitrogens is 2. The van der Waals surface area contributed by atoms with Crippen LogP contribution in [0.25, 0.3) is 0 Å². The van der Waals surface area contributed by atoms with Crippen molar-refractivity contribution in [2.45, 2.75) is 0 Å². The van der Waals surface area contributed by atoms with E-state index in [9.17, 15) is 9.59 Å². The molecule has 9 heteroatoms. The normalized spacial score (nSPS) is 9.56. The van der Waals surface area contributed by atoms with Gasteiger partial charge in [0.15, 0.2) is 5.69 Å². The maximum absolute atomic E-state index is 10.8. The summed E-state index contributed by atoms with van der Waals surface area (Å²) in [4.78, 5) is 28.0. The highest BCUT2D eigenvalue weighted by Crippen LogP contribution is 2.12. The van der Waals surface area contributed by atoms with E-state index in [1.807, 2.05) is 0 Å². The highest BCUT2D eigenvalue weighted by Gasteiger charge is 2.09. The lowest BCUT2D eigenvalue weighted by molar-refractivity contribution is -0.115. The third kappa shape index (κ3) is 6.20. The van der Waals surface area contributed by atoms with Gasteiger partial charge in [0, 0.05) is 28.2 Å². The molecule has 2 amide bonds. The first-order chi connectivity index (χ1) is 8.38. The van der Waals surface area contributed by atoms with Crippen molar-refractivity contribution < 1.29 is 9.59 Å². The Hall–Kier alpha value is -2.45. The largest absolute Gasteiger partial charge is 0.364 e. The van der Waals surface area contributed by atoms with E-state index in [1.54, 1.807) is 28.2 Å². The van der Waals surface area contributed by atoms with Gasteiger partial charge in [-0.2, -0.15) is 0 Å². The Morgan fingerprint density at radius 2 is 2.00 bits per heavy atom. The van der Waals surface area contributed by atoms with Crippen molar-refractivity contribution in [1.82, 2.24) is 19.9 Å². The molecule has 9 nitrogen and oxygen atoms in total. The number of aromatic amines is 1. The summed E-state index contributed by atoms with van der Waals surface area (Å²) in [6.45, 7) is 0. The number of nitrogens with one attached hydrogen (secondary N) is 1. The summed E-state index contributed by atoms with van der Waals surface area (Å²) < 4.78 is 0. The van der Waals surface area contributed by atoms with Crippen molar-refractivity contribution in [3.05, 3.63) is 12.0 Å². The number of amides is 2. The Balaban J connectivity index is 0.000000494. The maximum Gasteiger partial charge on any atom is 0.269 e. The number of imidazole rings is 1. The van der Waals surface area contributed by atoms with Gasteiger partial charge in [-0.15, -0.1) is 5.11 Å². The lowest BCUT2D eigenvalue weighted by atomic mass is 10.4. The second-order valence-corrected chi connectivity index (χ2v) is 3.57. The molecule has 0 spiro atoms. The Labute approximate surface area is 105 Å². The van der Waals surface area contributed by atoms with Crippen LogP contribution in [0.4, 0.5) is 5.82 Å². The second kappa shape index (κ2) is 7.76.